The van der Waals surface area contributed by atoms with Crippen LogP contribution in [0.4, 0.5) is 27.8 Å². The van der Waals surface area contributed by atoms with Gasteiger partial charge in [0.25, 0.3) is 0 Å². The molecule has 4 N–H and O–H groups in total. The smallest absolute Gasteiger partial charge is 0.328 e. The van der Waals surface area contributed by atoms with E-state index >= 15 is 0 Å². The first-order valence-electron chi connectivity index (χ1n) is 9.14. The maximum Gasteiger partial charge on any atom is 0.328 e. The van der Waals surface area contributed by atoms with Gasteiger partial charge in [0.15, 0.2) is 6.29 Å². The number of hydrogen-bond donors (Lipinski definition) is 3. The van der Waals surface area contributed by atoms with Crippen LogP contribution in [0.15, 0.2) is 24.4 Å². The molecule has 148 valence electrons. The lowest BCUT2D eigenvalue weighted by Gasteiger charge is -2.28. The Morgan fingerprint density at radius 3 is 3.07 bits per heavy atom. The zero-order valence-corrected chi connectivity index (χ0v) is 15.8. The van der Waals surface area contributed by atoms with Crippen LogP contribution in [0.2, 0.25) is 0 Å². The van der Waals surface area contributed by atoms with E-state index in [4.69, 9.17) is 10.5 Å². The zero-order valence-electron chi connectivity index (χ0n) is 15.8. The van der Waals surface area contributed by atoms with Crippen molar-refractivity contribution >= 4 is 35.3 Å². The number of pyridine rings is 2. The van der Waals surface area contributed by atoms with E-state index in [9.17, 15) is 9.59 Å². The Labute approximate surface area is 163 Å². The van der Waals surface area contributed by atoms with Gasteiger partial charge < -0.3 is 15.8 Å². The van der Waals surface area contributed by atoms with Gasteiger partial charge in [-0.2, -0.15) is 0 Å². The Morgan fingerprint density at radius 1 is 1.43 bits per heavy atom. The lowest BCUT2D eigenvalue weighted by molar-refractivity contribution is 0.111. The van der Waals surface area contributed by atoms with Gasteiger partial charge in [-0.25, -0.2) is 14.8 Å². The Hall–Kier alpha value is -3.20. The van der Waals surface area contributed by atoms with Gasteiger partial charge in [-0.3, -0.25) is 15.0 Å². The maximum absolute atomic E-state index is 12.8. The number of ether oxygens (including phenoxy) is 1. The number of hydrogen-bond acceptors (Lipinski definition) is 7. The van der Waals surface area contributed by atoms with E-state index in [-0.39, 0.29) is 6.03 Å². The normalized spacial score (nSPS) is 13.0. The molecule has 0 unspecified atom stereocenters. The van der Waals surface area contributed by atoms with Gasteiger partial charge in [-0.05, 0) is 30.9 Å². The van der Waals surface area contributed by atoms with Crippen molar-refractivity contribution in [1.82, 2.24) is 9.97 Å². The SMILES string of the molecule is COCCCNc1cc(NC(=O)N2CCCc3ccc(C=O)nc32)ncc1N. The molecule has 0 spiro atoms. The van der Waals surface area contributed by atoms with E-state index in [0.717, 1.165) is 24.8 Å². The van der Waals surface area contributed by atoms with Gasteiger partial charge in [0.1, 0.15) is 17.3 Å². The lowest BCUT2D eigenvalue weighted by Crippen LogP contribution is -2.39. The molecular formula is C19H24N6O3. The standard InChI is InChI=1S/C19H24N6O3/c1-28-9-3-7-21-16-10-17(22-11-15(16)20)24-19(27)25-8-2-4-13-5-6-14(12-26)23-18(13)25/h5-6,10-12H,2-4,7-9,20H2,1H3,(H2,21,22,24,27). The first kappa shape index (κ1) is 19.6. The highest BCUT2D eigenvalue weighted by Crippen LogP contribution is 2.26. The monoisotopic (exact) mass is 384 g/mol. The average molecular weight is 384 g/mol. The van der Waals surface area contributed by atoms with Gasteiger partial charge in [0.2, 0.25) is 0 Å². The van der Waals surface area contributed by atoms with Gasteiger partial charge in [0, 0.05) is 32.9 Å². The number of aldehydes is 1. The molecule has 1 aliphatic heterocycles. The van der Waals surface area contributed by atoms with Crippen molar-refractivity contribution in [2.75, 3.05) is 48.1 Å². The number of aromatic nitrogens is 2. The molecule has 1 aliphatic rings. The number of rotatable bonds is 7. The third-order valence-corrected chi connectivity index (χ3v) is 4.44. The molecule has 9 nitrogen and oxygen atoms in total. The molecule has 0 saturated carbocycles. The number of nitrogens with two attached hydrogens (primary N) is 1. The van der Waals surface area contributed by atoms with E-state index < -0.39 is 0 Å². The minimum absolute atomic E-state index is 0.298. The Balaban J connectivity index is 1.72. The number of anilines is 4. The summed E-state index contributed by atoms with van der Waals surface area (Å²) in [7, 11) is 1.65. The van der Waals surface area contributed by atoms with Crippen LogP contribution in [0.25, 0.3) is 0 Å². The fourth-order valence-corrected chi connectivity index (χ4v) is 3.02. The first-order valence-corrected chi connectivity index (χ1v) is 9.14. The molecule has 2 aromatic heterocycles. The number of urea groups is 1. The number of nitrogen functional groups attached to an aromatic ring is 1. The quantitative estimate of drug-likeness (QED) is 0.494. The molecule has 0 radical (unpaired) electrons. The summed E-state index contributed by atoms with van der Waals surface area (Å²) in [6.07, 6.45) is 4.65. The number of carbonyl (C=O) groups excluding carboxylic acids is 2. The van der Waals surface area contributed by atoms with E-state index in [1.165, 1.54) is 11.1 Å². The molecule has 0 aromatic carbocycles. The fourth-order valence-electron chi connectivity index (χ4n) is 3.02. The summed E-state index contributed by atoms with van der Waals surface area (Å²) in [4.78, 5) is 33.9. The van der Waals surface area contributed by atoms with Crippen molar-refractivity contribution in [2.45, 2.75) is 19.3 Å². The van der Waals surface area contributed by atoms with Crippen LogP contribution in [-0.2, 0) is 11.2 Å². The van der Waals surface area contributed by atoms with Gasteiger partial charge in [0.05, 0.1) is 17.6 Å². The summed E-state index contributed by atoms with van der Waals surface area (Å²) >= 11 is 0. The summed E-state index contributed by atoms with van der Waals surface area (Å²) < 4.78 is 5.02. The maximum atomic E-state index is 12.8. The number of carbonyl (C=O) groups is 2. The van der Waals surface area contributed by atoms with Crippen molar-refractivity contribution in [3.05, 3.63) is 35.7 Å². The van der Waals surface area contributed by atoms with Crippen molar-refractivity contribution in [3.63, 3.8) is 0 Å². The molecule has 0 aliphatic carbocycles. The van der Waals surface area contributed by atoms with E-state index in [2.05, 4.69) is 20.6 Å². The third kappa shape index (κ3) is 4.55. The van der Waals surface area contributed by atoms with Gasteiger partial charge in [-0.1, -0.05) is 6.07 Å². The molecule has 2 aromatic rings. The number of amides is 2. The second kappa shape index (κ2) is 9.14. The third-order valence-electron chi connectivity index (χ3n) is 4.44. The lowest BCUT2D eigenvalue weighted by atomic mass is 10.1. The molecule has 0 bridgehead atoms. The molecule has 2 amide bonds. The summed E-state index contributed by atoms with van der Waals surface area (Å²) in [5.41, 5.74) is 8.38. The molecule has 0 fully saturated rings. The fraction of sp³-hybridized carbons (Fsp3) is 0.368. The number of fused-ring (bicyclic) bond motifs is 1. The average Bonchev–Trinajstić information content (AvgIpc) is 2.72. The molecule has 0 saturated heterocycles. The van der Waals surface area contributed by atoms with Gasteiger partial charge >= 0.3 is 6.03 Å². The molecule has 3 heterocycles. The van der Waals surface area contributed by atoms with Crippen LogP contribution >= 0.6 is 0 Å². The van der Waals surface area contributed by atoms with E-state index in [1.54, 1.807) is 19.2 Å². The van der Waals surface area contributed by atoms with Crippen molar-refractivity contribution in [1.29, 1.82) is 0 Å². The second-order valence-corrected chi connectivity index (χ2v) is 6.45. The highest BCUT2D eigenvalue weighted by atomic mass is 16.5. The van der Waals surface area contributed by atoms with E-state index in [0.29, 0.717) is 54.7 Å². The highest BCUT2D eigenvalue weighted by molar-refractivity contribution is 6.01. The van der Waals surface area contributed by atoms with Crippen molar-refractivity contribution in [3.8, 4) is 0 Å². The summed E-state index contributed by atoms with van der Waals surface area (Å²) in [6.45, 7) is 1.85. The summed E-state index contributed by atoms with van der Waals surface area (Å²) in [6, 6.07) is 4.85. The zero-order chi connectivity index (χ0) is 19.9. The largest absolute Gasteiger partial charge is 0.396 e. The number of aryl methyl sites for hydroxylation is 1. The molecule has 0 atom stereocenters. The van der Waals surface area contributed by atoms with Crippen molar-refractivity contribution in [2.24, 2.45) is 0 Å². The number of nitrogens with zero attached hydrogens (tertiary/aromatic N) is 3. The number of methoxy groups -OCH3 is 1. The predicted octanol–water partition coefficient (Wildman–Crippen LogP) is 2.30. The predicted molar refractivity (Wildman–Crippen MR) is 108 cm³/mol. The summed E-state index contributed by atoms with van der Waals surface area (Å²) in [5, 5.41) is 6.00. The molecule has 28 heavy (non-hydrogen) atoms. The van der Waals surface area contributed by atoms with Crippen LogP contribution in [0.3, 0.4) is 0 Å². The van der Waals surface area contributed by atoms with Crippen LogP contribution in [0.1, 0.15) is 28.9 Å². The van der Waals surface area contributed by atoms with E-state index in [1.807, 2.05) is 6.07 Å². The van der Waals surface area contributed by atoms with Gasteiger partial charge in [-0.15, -0.1) is 0 Å². The van der Waals surface area contributed by atoms with Crippen LogP contribution in [0, 0.1) is 0 Å². The summed E-state index contributed by atoms with van der Waals surface area (Å²) in [5.74, 6) is 0.897. The van der Waals surface area contributed by atoms with Crippen LogP contribution in [-0.4, -0.2) is 49.1 Å². The van der Waals surface area contributed by atoms with Crippen LogP contribution < -0.4 is 21.3 Å². The highest BCUT2D eigenvalue weighted by Gasteiger charge is 2.24. The Kier molecular flexibility index (Phi) is 6.38. The number of nitrogens with one attached hydrogen (secondary N) is 2. The molecule has 9 heteroatoms. The minimum Gasteiger partial charge on any atom is -0.396 e. The second-order valence-electron chi connectivity index (χ2n) is 6.45. The van der Waals surface area contributed by atoms with Crippen molar-refractivity contribution < 1.29 is 14.3 Å². The minimum atomic E-state index is -0.348. The Bertz CT molecular complexity index is 858. The molecule has 3 rings (SSSR count). The Morgan fingerprint density at radius 2 is 2.29 bits per heavy atom. The topological polar surface area (TPSA) is 122 Å². The van der Waals surface area contributed by atoms with Crippen LogP contribution in [0.5, 0.6) is 0 Å². The first-order chi connectivity index (χ1) is 13.6. The molecular weight excluding hydrogens is 360 g/mol.